The summed E-state index contributed by atoms with van der Waals surface area (Å²) in [6.45, 7) is -0.0117. The van der Waals surface area contributed by atoms with Gasteiger partial charge in [0.05, 0.1) is 40.8 Å². The van der Waals surface area contributed by atoms with Crippen LogP contribution in [0.3, 0.4) is 0 Å². The van der Waals surface area contributed by atoms with E-state index in [1.807, 2.05) is 0 Å². The van der Waals surface area contributed by atoms with E-state index in [9.17, 15) is 35.2 Å². The summed E-state index contributed by atoms with van der Waals surface area (Å²) in [6, 6.07) is 3.88. The second-order valence-electron chi connectivity index (χ2n) is 7.32. The Bertz CT molecular complexity index is 1370. The van der Waals surface area contributed by atoms with Crippen molar-refractivity contribution in [3.05, 3.63) is 30.6 Å². The molecule has 1 amide bonds. The van der Waals surface area contributed by atoms with Crippen molar-refractivity contribution in [3.8, 4) is 11.4 Å². The molecule has 1 aliphatic heterocycles. The van der Waals surface area contributed by atoms with Gasteiger partial charge in [-0.3, -0.25) is 14.6 Å². The van der Waals surface area contributed by atoms with Crippen molar-refractivity contribution in [3.63, 3.8) is 0 Å². The Morgan fingerprint density at radius 1 is 1.15 bits per heavy atom. The van der Waals surface area contributed by atoms with Gasteiger partial charge in [-0.2, -0.15) is 27.1 Å². The van der Waals surface area contributed by atoms with Crippen molar-refractivity contribution in [2.24, 2.45) is 0 Å². The topological polar surface area (TPSA) is 107 Å². The highest BCUT2D eigenvalue weighted by molar-refractivity contribution is 7.91. The maximum Gasteiger partial charge on any atom is 0.455 e. The number of cyclic esters (lactones) is 1. The van der Waals surface area contributed by atoms with Crippen LogP contribution in [0.2, 0.25) is 0 Å². The third-order valence-corrected chi connectivity index (χ3v) is 6.89. The molecule has 4 heterocycles. The number of ether oxygens (including phenoxy) is 1. The summed E-state index contributed by atoms with van der Waals surface area (Å²) in [4.78, 5) is 21.2. The average Bonchev–Trinajstić information content (AvgIpc) is 3.38. The molecule has 0 spiro atoms. The van der Waals surface area contributed by atoms with Crippen LogP contribution in [0.4, 0.5) is 32.6 Å². The maximum atomic E-state index is 13.5. The van der Waals surface area contributed by atoms with E-state index < -0.39 is 34.6 Å². The number of sulfone groups is 1. The highest BCUT2D eigenvalue weighted by Crippen LogP contribution is 2.37. The van der Waals surface area contributed by atoms with E-state index in [4.69, 9.17) is 4.74 Å². The van der Waals surface area contributed by atoms with Crippen LogP contribution in [-0.4, -0.2) is 65.3 Å². The molecule has 9 nitrogen and oxygen atoms in total. The van der Waals surface area contributed by atoms with Crippen molar-refractivity contribution in [1.82, 2.24) is 19.7 Å². The lowest BCUT2D eigenvalue weighted by Gasteiger charge is -2.19. The molecular weight excluding hydrogens is 489 g/mol. The summed E-state index contributed by atoms with van der Waals surface area (Å²) < 4.78 is 95.3. The fourth-order valence-corrected chi connectivity index (χ4v) is 4.32. The predicted octanol–water partition coefficient (Wildman–Crippen LogP) is 3.44. The van der Waals surface area contributed by atoms with E-state index in [-0.39, 0.29) is 51.9 Å². The summed E-state index contributed by atoms with van der Waals surface area (Å²) >= 11 is 0. The Morgan fingerprint density at radius 3 is 2.50 bits per heavy atom. The zero-order valence-electron chi connectivity index (χ0n) is 17.4. The molecule has 0 saturated carbocycles. The minimum absolute atomic E-state index is 0.00364. The van der Waals surface area contributed by atoms with E-state index in [1.165, 1.54) is 30.0 Å². The molecule has 3 aromatic rings. The normalized spacial score (nSPS) is 15.2. The second-order valence-corrected chi connectivity index (χ2v) is 9.57. The number of nitrogens with zero attached hydrogens (tertiary/aromatic N) is 5. The zero-order chi connectivity index (χ0) is 24.9. The van der Waals surface area contributed by atoms with Crippen LogP contribution >= 0.6 is 0 Å². The molecule has 34 heavy (non-hydrogen) atoms. The van der Waals surface area contributed by atoms with Gasteiger partial charge in [0.2, 0.25) is 0 Å². The Balaban J connectivity index is 1.81. The number of alkyl halides is 5. The summed E-state index contributed by atoms with van der Waals surface area (Å²) in [7, 11) is -3.80. The molecule has 0 radical (unpaired) electrons. The van der Waals surface area contributed by atoms with Crippen molar-refractivity contribution in [2.45, 2.75) is 30.5 Å². The van der Waals surface area contributed by atoms with Crippen LogP contribution in [0.5, 0.6) is 0 Å². The summed E-state index contributed by atoms with van der Waals surface area (Å²) in [5.74, 6) is -5.18. The summed E-state index contributed by atoms with van der Waals surface area (Å²) in [5.41, 5.74) is -0.239. The minimum atomic E-state index is -5.76. The molecule has 1 aliphatic rings. The van der Waals surface area contributed by atoms with Crippen LogP contribution in [0.15, 0.2) is 35.5 Å². The van der Waals surface area contributed by atoms with Gasteiger partial charge in [0.25, 0.3) is 0 Å². The molecular formula is C19H16F5N5O4S. The molecule has 1 fully saturated rings. The van der Waals surface area contributed by atoms with Gasteiger partial charge >= 0.3 is 18.2 Å². The Kier molecular flexibility index (Phi) is 5.70. The number of anilines is 1. The first-order valence-electron chi connectivity index (χ1n) is 9.78. The number of aromatic nitrogens is 4. The monoisotopic (exact) mass is 505 g/mol. The number of carbonyl (C=O) groups excluding carboxylic acids is 1. The lowest BCUT2D eigenvalue weighted by Crippen LogP contribution is -2.40. The fraction of sp³-hybridized carbons (Fsp3) is 0.368. The van der Waals surface area contributed by atoms with Crippen LogP contribution in [-0.2, 0) is 21.1 Å². The first kappa shape index (κ1) is 23.8. The Morgan fingerprint density at radius 2 is 1.88 bits per heavy atom. The maximum absolute atomic E-state index is 13.5. The van der Waals surface area contributed by atoms with Gasteiger partial charge in [-0.1, -0.05) is 6.92 Å². The van der Waals surface area contributed by atoms with Crippen molar-refractivity contribution in [1.29, 1.82) is 0 Å². The Hall–Kier alpha value is -3.36. The van der Waals surface area contributed by atoms with Crippen molar-refractivity contribution < 1.29 is 39.9 Å². The molecule has 0 atom stereocenters. The van der Waals surface area contributed by atoms with E-state index in [1.54, 1.807) is 0 Å². The van der Waals surface area contributed by atoms with Crippen LogP contribution in [0.25, 0.3) is 22.3 Å². The predicted molar refractivity (Wildman–Crippen MR) is 108 cm³/mol. The zero-order valence-corrected chi connectivity index (χ0v) is 18.2. The van der Waals surface area contributed by atoms with Crippen LogP contribution in [0, 0.1) is 0 Å². The largest absolute Gasteiger partial charge is 0.455 e. The van der Waals surface area contributed by atoms with Crippen molar-refractivity contribution >= 4 is 32.7 Å². The fourth-order valence-electron chi connectivity index (χ4n) is 3.29. The number of pyridine rings is 2. The lowest BCUT2D eigenvalue weighted by atomic mass is 10.2. The van der Waals surface area contributed by atoms with Gasteiger partial charge in [-0.25, -0.2) is 18.2 Å². The van der Waals surface area contributed by atoms with Gasteiger partial charge in [0, 0.05) is 5.39 Å². The number of amides is 1. The second kappa shape index (κ2) is 8.14. The van der Waals surface area contributed by atoms with E-state index in [2.05, 4.69) is 15.1 Å². The molecule has 0 bridgehead atoms. The summed E-state index contributed by atoms with van der Waals surface area (Å²) in [5, 5.41) is 3.73. The third kappa shape index (κ3) is 4.15. The molecule has 182 valence electrons. The number of hydrogen-bond acceptors (Lipinski definition) is 7. The first-order chi connectivity index (χ1) is 15.8. The standard InChI is InChI=1S/C19H16F5N5O4S/c1-2-34(31,32)14-3-4-15(28-5-6-33-17(28)30)27-16(14)12-7-11-8-26-29(13(11)9-25-12)10-18(20,21)19(22,23)24/h3-4,7-9H,2,5-6,10H2,1H3. The van der Waals surface area contributed by atoms with Crippen LogP contribution in [0.1, 0.15) is 6.92 Å². The van der Waals surface area contributed by atoms with Crippen LogP contribution < -0.4 is 4.90 Å². The third-order valence-electron chi connectivity index (χ3n) is 5.13. The number of fused-ring (bicyclic) bond motifs is 1. The molecule has 0 aliphatic carbocycles. The summed E-state index contributed by atoms with van der Waals surface area (Å²) in [6.07, 6.45) is -4.36. The van der Waals surface area contributed by atoms with Gasteiger partial charge < -0.3 is 4.74 Å². The number of hydrogen-bond donors (Lipinski definition) is 0. The number of rotatable bonds is 6. The van der Waals surface area contributed by atoms with Gasteiger partial charge in [0.15, 0.2) is 9.84 Å². The van der Waals surface area contributed by atoms with Gasteiger partial charge in [0.1, 0.15) is 24.7 Å². The highest BCUT2D eigenvalue weighted by Gasteiger charge is 2.57. The molecule has 1 saturated heterocycles. The number of carbonyl (C=O) groups is 1. The van der Waals surface area contributed by atoms with Gasteiger partial charge in [-0.05, 0) is 18.2 Å². The van der Waals surface area contributed by atoms with E-state index in [0.717, 1.165) is 12.4 Å². The average molecular weight is 505 g/mol. The SMILES string of the molecule is CCS(=O)(=O)c1ccc(N2CCOC2=O)nc1-c1cc2cnn(CC(F)(F)C(F)(F)F)c2cn1. The minimum Gasteiger partial charge on any atom is -0.447 e. The van der Waals surface area contributed by atoms with Gasteiger partial charge in [-0.15, -0.1) is 0 Å². The van der Waals surface area contributed by atoms with E-state index >= 15 is 0 Å². The lowest BCUT2D eigenvalue weighted by molar-refractivity contribution is -0.287. The molecule has 0 aromatic carbocycles. The Labute approximate surface area is 189 Å². The molecule has 15 heteroatoms. The van der Waals surface area contributed by atoms with E-state index in [0.29, 0.717) is 4.68 Å². The quantitative estimate of drug-likeness (QED) is 0.473. The number of halogens is 5. The molecule has 0 unspecified atom stereocenters. The smallest absolute Gasteiger partial charge is 0.447 e. The molecule has 4 rings (SSSR count). The first-order valence-corrected chi connectivity index (χ1v) is 11.4. The molecule has 0 N–H and O–H groups in total. The highest BCUT2D eigenvalue weighted by atomic mass is 32.2. The van der Waals surface area contributed by atoms with Crippen molar-refractivity contribution in [2.75, 3.05) is 23.8 Å². The molecule has 3 aromatic heterocycles.